The Morgan fingerprint density at radius 3 is 2.63 bits per heavy atom. The molecule has 2 atom stereocenters. The summed E-state index contributed by atoms with van der Waals surface area (Å²) in [7, 11) is 5.54. The molecule has 9 nitrogen and oxygen atoms in total. The molecule has 0 spiro atoms. The van der Waals surface area contributed by atoms with Crippen molar-refractivity contribution in [2.45, 2.75) is 18.5 Å². The second-order valence-electron chi connectivity index (χ2n) is 9.09. The maximum atomic E-state index is 13.1. The van der Waals surface area contributed by atoms with E-state index in [2.05, 4.69) is 27.0 Å². The lowest BCUT2D eigenvalue weighted by atomic mass is 10.0. The van der Waals surface area contributed by atoms with Crippen LogP contribution in [0.3, 0.4) is 0 Å². The smallest absolute Gasteiger partial charge is 0.415 e. The highest BCUT2D eigenvalue weighted by Gasteiger charge is 2.50. The fraction of sp³-hybridized carbons (Fsp3) is 0.308. The van der Waals surface area contributed by atoms with Crippen LogP contribution in [0.5, 0.6) is 11.5 Å². The minimum atomic E-state index is -0.354. The molecule has 35 heavy (non-hydrogen) atoms. The Bertz CT molecular complexity index is 1420. The van der Waals surface area contributed by atoms with Crippen LogP contribution in [-0.2, 0) is 7.05 Å². The summed E-state index contributed by atoms with van der Waals surface area (Å²) < 4.78 is 13.2. The van der Waals surface area contributed by atoms with Crippen molar-refractivity contribution in [2.75, 3.05) is 27.2 Å². The first-order chi connectivity index (χ1) is 17.0. The fourth-order valence-electron chi connectivity index (χ4n) is 4.94. The van der Waals surface area contributed by atoms with Gasteiger partial charge in [-0.3, -0.25) is 9.58 Å². The second kappa shape index (κ2) is 8.35. The molecule has 4 aromatic rings. The van der Waals surface area contributed by atoms with E-state index < -0.39 is 0 Å². The molecule has 2 aromatic carbocycles. The number of likely N-dealkylation sites (N-methyl/N-ethyl adjacent to an activating group) is 1. The van der Waals surface area contributed by atoms with E-state index in [1.54, 1.807) is 23.9 Å². The molecule has 2 aromatic heterocycles. The molecule has 1 amide bonds. The molecule has 6 rings (SSSR count). The Kier molecular flexibility index (Phi) is 5.14. The van der Waals surface area contributed by atoms with Gasteiger partial charge in [-0.2, -0.15) is 5.10 Å². The molecular formula is C26H26N6O3. The van der Waals surface area contributed by atoms with E-state index in [9.17, 15) is 4.79 Å². The maximum absolute atomic E-state index is 13.1. The SMILES string of the molecule is COc1cc2ncnc(-c3cn(C)nc3-c3ccccc3)c2cc1OC(=O)N1CCN(C)[C@H]2C[C@H]21. The normalized spacial score (nSPS) is 19.5. The van der Waals surface area contributed by atoms with Crippen molar-refractivity contribution < 1.29 is 14.3 Å². The Hall–Kier alpha value is -3.98. The number of methoxy groups -OCH3 is 1. The zero-order chi connectivity index (χ0) is 24.1. The number of hydrogen-bond donors (Lipinski definition) is 0. The number of aromatic nitrogens is 4. The van der Waals surface area contributed by atoms with Gasteiger partial charge in [0.25, 0.3) is 0 Å². The molecule has 0 bridgehead atoms. The van der Waals surface area contributed by atoms with Crippen LogP contribution in [0.25, 0.3) is 33.4 Å². The number of amides is 1. The topological polar surface area (TPSA) is 85.6 Å². The van der Waals surface area contributed by atoms with Crippen LogP contribution in [-0.4, -0.2) is 75.0 Å². The van der Waals surface area contributed by atoms with Crippen molar-refractivity contribution in [3.8, 4) is 34.0 Å². The number of nitrogens with zero attached hydrogens (tertiary/aromatic N) is 6. The number of fused-ring (bicyclic) bond motifs is 2. The molecule has 0 unspecified atom stereocenters. The van der Waals surface area contributed by atoms with Crippen LogP contribution in [0, 0.1) is 0 Å². The van der Waals surface area contributed by atoms with Gasteiger partial charge in [-0.1, -0.05) is 30.3 Å². The standard InChI is InChI=1S/C26H26N6O3/c1-30-9-10-32(21-13-20(21)30)26(33)35-23-11-17-19(12-22(23)34-3)27-15-28-25(17)18-14-31(2)29-24(18)16-7-5-4-6-8-16/h4-8,11-12,14-15,20-21H,9-10,13H2,1-3H3/t20-,21+/m0/s1. The number of carbonyl (C=O) groups is 1. The van der Waals surface area contributed by atoms with Crippen molar-refractivity contribution in [1.29, 1.82) is 0 Å². The molecule has 2 aliphatic rings. The Morgan fingerprint density at radius 1 is 1.00 bits per heavy atom. The quantitative estimate of drug-likeness (QED) is 0.451. The molecule has 178 valence electrons. The molecule has 1 aliphatic heterocycles. The highest BCUT2D eigenvalue weighted by atomic mass is 16.6. The van der Waals surface area contributed by atoms with Gasteiger partial charge >= 0.3 is 6.09 Å². The first-order valence-corrected chi connectivity index (χ1v) is 11.6. The van der Waals surface area contributed by atoms with Gasteiger partial charge in [0.05, 0.1) is 24.4 Å². The van der Waals surface area contributed by atoms with E-state index in [0.29, 0.717) is 35.3 Å². The number of benzene rings is 2. The van der Waals surface area contributed by atoms with E-state index in [0.717, 1.165) is 35.2 Å². The molecule has 1 saturated heterocycles. The van der Waals surface area contributed by atoms with Crippen molar-refractivity contribution in [3.63, 3.8) is 0 Å². The monoisotopic (exact) mass is 470 g/mol. The van der Waals surface area contributed by atoms with Gasteiger partial charge in [0.2, 0.25) is 0 Å². The molecular weight excluding hydrogens is 444 g/mol. The van der Waals surface area contributed by atoms with Crippen molar-refractivity contribution in [2.24, 2.45) is 7.05 Å². The summed E-state index contributed by atoms with van der Waals surface area (Å²) in [5.41, 5.74) is 4.08. The second-order valence-corrected chi connectivity index (χ2v) is 9.09. The summed E-state index contributed by atoms with van der Waals surface area (Å²) in [6.07, 6.45) is 4.11. The summed E-state index contributed by atoms with van der Waals surface area (Å²) in [6.45, 7) is 1.49. The van der Waals surface area contributed by atoms with E-state index in [1.807, 2.05) is 48.5 Å². The van der Waals surface area contributed by atoms with E-state index in [4.69, 9.17) is 9.47 Å². The summed E-state index contributed by atoms with van der Waals surface area (Å²) in [4.78, 5) is 26.3. The lowest BCUT2D eigenvalue weighted by molar-refractivity contribution is 0.117. The van der Waals surface area contributed by atoms with E-state index in [-0.39, 0.29) is 12.1 Å². The third kappa shape index (κ3) is 3.77. The molecule has 3 heterocycles. The van der Waals surface area contributed by atoms with E-state index in [1.165, 1.54) is 6.33 Å². The predicted molar refractivity (Wildman–Crippen MR) is 131 cm³/mol. The first kappa shape index (κ1) is 21.5. The molecule has 1 saturated carbocycles. The van der Waals surface area contributed by atoms with Crippen molar-refractivity contribution in [1.82, 2.24) is 29.5 Å². The van der Waals surface area contributed by atoms with Gasteiger partial charge in [-0.05, 0) is 19.5 Å². The van der Waals surface area contributed by atoms with Crippen LogP contribution in [0.4, 0.5) is 4.79 Å². The predicted octanol–water partition coefficient (Wildman–Crippen LogP) is 3.59. The number of carbonyl (C=O) groups excluding carboxylic acids is 1. The van der Waals surface area contributed by atoms with Crippen LogP contribution >= 0.6 is 0 Å². The van der Waals surface area contributed by atoms with Gasteiger partial charge in [0.15, 0.2) is 11.5 Å². The van der Waals surface area contributed by atoms with Crippen LogP contribution in [0.1, 0.15) is 6.42 Å². The third-order valence-electron chi connectivity index (χ3n) is 6.87. The Labute approximate surface area is 202 Å². The first-order valence-electron chi connectivity index (χ1n) is 11.6. The number of piperazine rings is 1. The third-order valence-corrected chi connectivity index (χ3v) is 6.87. The number of aryl methyl sites for hydroxylation is 1. The zero-order valence-electron chi connectivity index (χ0n) is 19.9. The van der Waals surface area contributed by atoms with Gasteiger partial charge in [0, 0.05) is 55.0 Å². The molecule has 2 fully saturated rings. The molecule has 9 heteroatoms. The highest BCUT2D eigenvalue weighted by Crippen LogP contribution is 2.40. The maximum Gasteiger partial charge on any atom is 0.415 e. The summed E-state index contributed by atoms with van der Waals surface area (Å²) in [5.74, 6) is 0.800. The average Bonchev–Trinajstić information content (AvgIpc) is 3.59. The highest BCUT2D eigenvalue weighted by molar-refractivity contribution is 5.97. The molecule has 0 radical (unpaired) electrons. The van der Waals surface area contributed by atoms with E-state index >= 15 is 0 Å². The van der Waals surface area contributed by atoms with Gasteiger partial charge < -0.3 is 14.4 Å². The average molecular weight is 471 g/mol. The summed E-state index contributed by atoms with van der Waals surface area (Å²) in [5, 5.41) is 5.44. The minimum absolute atomic E-state index is 0.218. The van der Waals surface area contributed by atoms with Crippen molar-refractivity contribution >= 4 is 17.0 Å². The number of hydrogen-bond acceptors (Lipinski definition) is 7. The fourth-order valence-corrected chi connectivity index (χ4v) is 4.94. The largest absolute Gasteiger partial charge is 0.493 e. The Morgan fingerprint density at radius 2 is 1.83 bits per heavy atom. The lowest BCUT2D eigenvalue weighted by Gasteiger charge is -2.31. The van der Waals surface area contributed by atoms with Gasteiger partial charge in [0.1, 0.15) is 12.0 Å². The minimum Gasteiger partial charge on any atom is -0.493 e. The van der Waals surface area contributed by atoms with Crippen LogP contribution in [0.15, 0.2) is 55.0 Å². The number of rotatable bonds is 4. The van der Waals surface area contributed by atoms with Crippen LogP contribution in [0.2, 0.25) is 0 Å². The Balaban J connectivity index is 1.41. The zero-order valence-corrected chi connectivity index (χ0v) is 19.9. The summed E-state index contributed by atoms with van der Waals surface area (Å²) in [6, 6.07) is 14.2. The van der Waals surface area contributed by atoms with Crippen molar-refractivity contribution in [3.05, 3.63) is 55.0 Å². The molecule has 1 aliphatic carbocycles. The van der Waals surface area contributed by atoms with Crippen LogP contribution < -0.4 is 9.47 Å². The van der Waals surface area contributed by atoms with Gasteiger partial charge in [-0.15, -0.1) is 0 Å². The number of ether oxygens (including phenoxy) is 2. The lowest BCUT2D eigenvalue weighted by Crippen LogP contribution is -2.48. The molecule has 0 N–H and O–H groups in total. The van der Waals surface area contributed by atoms with Gasteiger partial charge in [-0.25, -0.2) is 14.8 Å². The summed E-state index contributed by atoms with van der Waals surface area (Å²) >= 11 is 0.